The van der Waals surface area contributed by atoms with Crippen molar-refractivity contribution in [3.8, 4) is 0 Å². The van der Waals surface area contributed by atoms with E-state index in [1.807, 2.05) is 13.8 Å². The molecule has 1 aliphatic heterocycles. The molecule has 0 aliphatic carbocycles. The molecule has 0 saturated carbocycles. The zero-order valence-corrected chi connectivity index (χ0v) is 13.0. The minimum atomic E-state index is -0.410. The Labute approximate surface area is 126 Å². The first-order chi connectivity index (χ1) is 10.1. The number of aliphatic hydroxyl groups excluding tert-OH is 1. The largest absolute Gasteiger partial charge is 0.394 e. The second-order valence-corrected chi connectivity index (χ2v) is 5.64. The van der Waals surface area contributed by atoms with Gasteiger partial charge in [0, 0.05) is 13.1 Å². The van der Waals surface area contributed by atoms with Gasteiger partial charge in [-0.1, -0.05) is 13.8 Å². The second kappa shape index (κ2) is 6.89. The van der Waals surface area contributed by atoms with Gasteiger partial charge in [-0.15, -0.1) is 0 Å². The Morgan fingerprint density at radius 1 is 1.14 bits per heavy atom. The van der Waals surface area contributed by atoms with Gasteiger partial charge in [0.2, 0.25) is 17.8 Å². The van der Waals surface area contributed by atoms with Crippen LogP contribution in [-0.4, -0.2) is 45.3 Å². The number of rotatable bonds is 6. The summed E-state index contributed by atoms with van der Waals surface area (Å²) in [6.45, 7) is 6.00. The molecule has 2 rings (SSSR count). The first kappa shape index (κ1) is 15.8. The lowest BCUT2D eigenvalue weighted by Crippen LogP contribution is -2.41. The topological polar surface area (TPSA) is 100 Å². The summed E-state index contributed by atoms with van der Waals surface area (Å²) in [6, 6.07) is 0. The quantitative estimate of drug-likeness (QED) is 0.729. The maximum Gasteiger partial charge on any atom is 0.231 e. The molecule has 0 radical (unpaired) electrons. The Balaban J connectivity index is 2.21. The molecule has 7 nitrogen and oxygen atoms in total. The smallest absolute Gasteiger partial charge is 0.231 e. The fourth-order valence-electron chi connectivity index (χ4n) is 2.60. The van der Waals surface area contributed by atoms with Gasteiger partial charge < -0.3 is 21.1 Å². The van der Waals surface area contributed by atoms with E-state index in [-0.39, 0.29) is 12.6 Å². The van der Waals surface area contributed by atoms with E-state index >= 15 is 0 Å². The van der Waals surface area contributed by atoms with Crippen LogP contribution >= 0.6 is 0 Å². The average molecular weight is 294 g/mol. The van der Waals surface area contributed by atoms with Crippen molar-refractivity contribution in [3.63, 3.8) is 0 Å². The highest BCUT2D eigenvalue weighted by molar-refractivity contribution is 5.43. The number of piperidine rings is 1. The van der Waals surface area contributed by atoms with E-state index in [1.165, 1.54) is 6.42 Å². The predicted octanol–water partition coefficient (Wildman–Crippen LogP) is 1.41. The first-order valence-electron chi connectivity index (χ1n) is 7.78. The van der Waals surface area contributed by atoms with E-state index in [9.17, 15) is 5.11 Å². The van der Waals surface area contributed by atoms with Crippen LogP contribution in [0.2, 0.25) is 0 Å². The van der Waals surface area contributed by atoms with Crippen LogP contribution in [0.3, 0.4) is 0 Å². The van der Waals surface area contributed by atoms with Crippen LogP contribution in [0.25, 0.3) is 0 Å². The van der Waals surface area contributed by atoms with Crippen molar-refractivity contribution in [1.29, 1.82) is 0 Å². The molecule has 7 heteroatoms. The molecule has 0 unspecified atom stereocenters. The normalized spacial score (nSPS) is 16.0. The van der Waals surface area contributed by atoms with E-state index in [0.717, 1.165) is 38.8 Å². The molecule has 1 aliphatic rings. The first-order valence-corrected chi connectivity index (χ1v) is 7.78. The van der Waals surface area contributed by atoms with Gasteiger partial charge in [-0.25, -0.2) is 0 Å². The van der Waals surface area contributed by atoms with Crippen LogP contribution in [0.1, 0.15) is 46.0 Å². The third kappa shape index (κ3) is 3.72. The Kier molecular flexibility index (Phi) is 5.17. The molecule has 1 aromatic rings. The van der Waals surface area contributed by atoms with Crippen LogP contribution in [-0.2, 0) is 0 Å². The Bertz CT molecular complexity index is 449. The Hall–Kier alpha value is -1.63. The maximum atomic E-state index is 9.65. The van der Waals surface area contributed by atoms with Gasteiger partial charge in [0.15, 0.2) is 0 Å². The van der Waals surface area contributed by atoms with E-state index in [4.69, 9.17) is 5.73 Å². The van der Waals surface area contributed by atoms with Gasteiger partial charge in [0.05, 0.1) is 12.1 Å². The molecule has 1 aromatic heterocycles. The summed E-state index contributed by atoms with van der Waals surface area (Å²) in [4.78, 5) is 15.0. The highest BCUT2D eigenvalue weighted by Gasteiger charge is 2.26. The molecule has 2 heterocycles. The van der Waals surface area contributed by atoms with Gasteiger partial charge in [-0.2, -0.15) is 15.0 Å². The summed E-state index contributed by atoms with van der Waals surface area (Å²) < 4.78 is 0. The van der Waals surface area contributed by atoms with Crippen molar-refractivity contribution in [3.05, 3.63) is 0 Å². The molecule has 0 bridgehead atoms. The Morgan fingerprint density at radius 3 is 2.38 bits per heavy atom. The van der Waals surface area contributed by atoms with Crippen molar-refractivity contribution < 1.29 is 5.11 Å². The Morgan fingerprint density at radius 2 is 1.81 bits per heavy atom. The van der Waals surface area contributed by atoms with Crippen molar-refractivity contribution >= 4 is 17.8 Å². The van der Waals surface area contributed by atoms with E-state index in [0.29, 0.717) is 11.9 Å². The fraction of sp³-hybridized carbons (Fsp3) is 0.786. The number of nitrogens with two attached hydrogens (primary N) is 1. The van der Waals surface area contributed by atoms with Gasteiger partial charge >= 0.3 is 0 Å². The lowest BCUT2D eigenvalue weighted by molar-refractivity contribution is 0.201. The van der Waals surface area contributed by atoms with Crippen molar-refractivity contribution in [2.24, 2.45) is 0 Å². The van der Waals surface area contributed by atoms with E-state index in [2.05, 4.69) is 25.2 Å². The molecule has 1 fully saturated rings. The minimum absolute atomic E-state index is 0.0324. The molecule has 0 aromatic carbocycles. The number of aromatic nitrogens is 3. The molecule has 118 valence electrons. The highest BCUT2D eigenvalue weighted by atomic mass is 16.3. The zero-order valence-electron chi connectivity index (χ0n) is 13.0. The number of aliphatic hydroxyl groups is 1. The van der Waals surface area contributed by atoms with Crippen molar-refractivity contribution in [1.82, 2.24) is 15.0 Å². The second-order valence-electron chi connectivity index (χ2n) is 5.64. The zero-order chi connectivity index (χ0) is 15.3. The van der Waals surface area contributed by atoms with Gasteiger partial charge in [-0.05, 0) is 32.1 Å². The third-order valence-corrected chi connectivity index (χ3v) is 4.31. The molecule has 1 saturated heterocycles. The number of hydrogen-bond donors (Lipinski definition) is 3. The average Bonchev–Trinajstić information content (AvgIpc) is 2.53. The minimum Gasteiger partial charge on any atom is -0.394 e. The third-order valence-electron chi connectivity index (χ3n) is 4.31. The molecule has 21 heavy (non-hydrogen) atoms. The number of nitrogens with zero attached hydrogens (tertiary/aromatic N) is 4. The van der Waals surface area contributed by atoms with E-state index in [1.54, 1.807) is 0 Å². The summed E-state index contributed by atoms with van der Waals surface area (Å²) in [7, 11) is 0. The standard InChI is InChI=1S/C14H26N6O/c1-3-14(4-2,10-21)19-12-16-11(15)17-13(18-12)20-8-6-5-7-9-20/h21H,3-10H2,1-2H3,(H3,15,16,17,18,19). The van der Waals surface area contributed by atoms with Crippen LogP contribution < -0.4 is 16.0 Å². The molecule has 0 atom stereocenters. The number of nitrogen functional groups attached to an aromatic ring is 1. The van der Waals surface area contributed by atoms with Crippen LogP contribution in [0.15, 0.2) is 0 Å². The van der Waals surface area contributed by atoms with Crippen molar-refractivity contribution in [2.45, 2.75) is 51.5 Å². The number of nitrogens with one attached hydrogen (secondary N) is 1. The lowest BCUT2D eigenvalue weighted by atomic mass is 9.94. The van der Waals surface area contributed by atoms with Crippen LogP contribution in [0.5, 0.6) is 0 Å². The van der Waals surface area contributed by atoms with Crippen LogP contribution in [0, 0.1) is 0 Å². The van der Waals surface area contributed by atoms with Crippen molar-refractivity contribution in [2.75, 3.05) is 35.6 Å². The highest BCUT2D eigenvalue weighted by Crippen LogP contribution is 2.22. The molecule has 4 N–H and O–H groups in total. The summed E-state index contributed by atoms with van der Waals surface area (Å²) in [5.41, 5.74) is 5.41. The predicted molar refractivity (Wildman–Crippen MR) is 84.3 cm³/mol. The van der Waals surface area contributed by atoms with Crippen LogP contribution in [0.4, 0.5) is 17.8 Å². The monoisotopic (exact) mass is 294 g/mol. The van der Waals surface area contributed by atoms with Gasteiger partial charge in [-0.3, -0.25) is 0 Å². The number of anilines is 3. The molecule has 0 spiro atoms. The fourth-order valence-corrected chi connectivity index (χ4v) is 2.60. The molecular formula is C14H26N6O. The lowest BCUT2D eigenvalue weighted by Gasteiger charge is -2.31. The maximum absolute atomic E-state index is 9.65. The summed E-state index contributed by atoms with van der Waals surface area (Å²) in [5.74, 6) is 1.29. The number of hydrogen-bond acceptors (Lipinski definition) is 7. The summed E-state index contributed by atoms with van der Waals surface area (Å²) in [6.07, 6.45) is 5.12. The molecule has 0 amide bonds. The molecular weight excluding hydrogens is 268 g/mol. The SMILES string of the molecule is CCC(CC)(CO)Nc1nc(N)nc(N2CCCCC2)n1. The van der Waals surface area contributed by atoms with Gasteiger partial charge in [0.25, 0.3) is 0 Å². The summed E-state index contributed by atoms with van der Waals surface area (Å²) in [5, 5.41) is 12.9. The van der Waals surface area contributed by atoms with E-state index < -0.39 is 5.54 Å². The van der Waals surface area contributed by atoms with Gasteiger partial charge in [0.1, 0.15) is 0 Å². The summed E-state index contributed by atoms with van der Waals surface area (Å²) >= 11 is 0.